The van der Waals surface area contributed by atoms with E-state index in [4.69, 9.17) is 0 Å². The van der Waals surface area contributed by atoms with Gasteiger partial charge >= 0.3 is 70.8 Å². The molecule has 0 aliphatic heterocycles. The van der Waals surface area contributed by atoms with Gasteiger partial charge in [-0.3, -0.25) is 0 Å². The molecular formula is C8F15NaO9. The van der Waals surface area contributed by atoms with Crippen molar-refractivity contribution in [2.24, 2.45) is 0 Å². The van der Waals surface area contributed by atoms with Gasteiger partial charge in [0, 0.05) is 0 Å². The first-order valence-corrected chi connectivity index (χ1v) is 6.18. The molecule has 0 radical (unpaired) electrons. The van der Waals surface area contributed by atoms with Gasteiger partial charge in [0.2, 0.25) is 0 Å². The summed E-state index contributed by atoms with van der Waals surface area (Å²) in [6.45, 7) is 0. The maximum absolute atomic E-state index is 14.5. The molecular weight excluding hydrogens is 548 g/mol. The van der Waals surface area contributed by atoms with E-state index in [9.17, 15) is 76.7 Å². The van der Waals surface area contributed by atoms with Crippen LogP contribution in [0.25, 0.3) is 0 Å². The maximum atomic E-state index is 14.5. The van der Waals surface area contributed by atoms with Crippen LogP contribution in [-0.2, 0) is 39.4 Å². The van der Waals surface area contributed by atoms with Crippen LogP contribution in [0.2, 0.25) is 0 Å². The molecule has 6 atom stereocenters. The van der Waals surface area contributed by atoms with E-state index in [0.717, 1.165) is 4.94 Å². The van der Waals surface area contributed by atoms with Crippen LogP contribution in [0, 0.1) is 0 Å². The van der Waals surface area contributed by atoms with Crippen molar-refractivity contribution in [1.29, 1.82) is 0 Å². The molecule has 9 nitrogen and oxygen atoms in total. The standard InChI is InChI=1S/C8HF15O9.Na/c9-2(26-17,1(24)25)3(10,27-18)4(11,28-19)5(12,29-20)6(13,30-21)7(14,31-22)8(15,16)32-23;/h(H,24,25);/q;+1/p-1. The minimum atomic E-state index is -7.96. The van der Waals surface area contributed by atoms with E-state index in [-0.39, 0.29) is 29.6 Å². The topological polar surface area (TPSA) is 105 Å². The molecule has 25 heteroatoms. The second-order valence-electron chi connectivity index (χ2n) is 4.92. The number of halogens is 15. The summed E-state index contributed by atoms with van der Waals surface area (Å²) in [5.74, 6) is -50.2. The number of carboxylic acid groups (broad SMARTS) is 1. The minimum Gasteiger partial charge on any atom is -0.544 e. The summed E-state index contributed by atoms with van der Waals surface area (Å²) in [4.78, 5) is 19.1. The van der Waals surface area contributed by atoms with Crippen molar-refractivity contribution < 1.29 is 141 Å². The number of alkyl halides is 8. The van der Waals surface area contributed by atoms with Crippen molar-refractivity contribution in [3.05, 3.63) is 0 Å². The molecule has 6 unspecified atom stereocenters. The molecule has 33 heavy (non-hydrogen) atoms. The Morgan fingerprint density at radius 3 is 0.970 bits per heavy atom. The van der Waals surface area contributed by atoms with E-state index in [1.807, 2.05) is 0 Å². The number of carboxylic acids is 1. The Kier molecular flexibility index (Phi) is 11.2. The van der Waals surface area contributed by atoms with Crippen molar-refractivity contribution in [2.75, 3.05) is 0 Å². The summed E-state index contributed by atoms with van der Waals surface area (Å²) >= 11 is 0. The van der Waals surface area contributed by atoms with Crippen LogP contribution in [0.15, 0.2) is 0 Å². The van der Waals surface area contributed by atoms with Gasteiger partial charge in [-0.1, -0.05) is 0 Å². The van der Waals surface area contributed by atoms with Gasteiger partial charge in [-0.2, -0.15) is 35.1 Å². The zero-order valence-electron chi connectivity index (χ0n) is 14.3. The number of carbonyl (C=O) groups is 1. The summed E-state index contributed by atoms with van der Waals surface area (Å²) < 4.78 is 197. The SMILES string of the molecule is O=C([O-])C(F)(OF)C(F)(OF)C(F)(OF)C(F)(OF)C(F)(OF)C(F)(OF)C(F)(F)OF.[Na+]. The van der Waals surface area contributed by atoms with E-state index in [2.05, 4.69) is 0 Å². The predicted octanol–water partition coefficient (Wildman–Crippen LogP) is -0.364. The third-order valence-electron chi connectivity index (χ3n) is 3.44. The smallest absolute Gasteiger partial charge is 0.544 e. The summed E-state index contributed by atoms with van der Waals surface area (Å²) in [6, 6.07) is 0. The fraction of sp³-hybridized carbons (Fsp3) is 0.875. The van der Waals surface area contributed by atoms with Crippen LogP contribution in [-0.4, -0.2) is 47.2 Å². The number of hydrogen-bond donors (Lipinski definition) is 0. The van der Waals surface area contributed by atoms with Crippen molar-refractivity contribution >= 4 is 5.97 Å². The third-order valence-corrected chi connectivity index (χ3v) is 3.44. The zero-order valence-corrected chi connectivity index (χ0v) is 16.3. The molecule has 0 N–H and O–H groups in total. The fourth-order valence-electron chi connectivity index (χ4n) is 1.77. The Morgan fingerprint density at radius 2 is 0.758 bits per heavy atom. The zero-order chi connectivity index (χ0) is 26.0. The molecule has 0 saturated heterocycles. The van der Waals surface area contributed by atoms with Gasteiger partial charge in [0.05, 0.1) is 0 Å². The van der Waals surface area contributed by atoms with Gasteiger partial charge in [0.15, 0.2) is 0 Å². The number of rotatable bonds is 14. The monoisotopic (exact) mass is 548 g/mol. The van der Waals surface area contributed by atoms with Gasteiger partial charge in [-0.05, 0) is 31.7 Å². The molecule has 0 aliphatic carbocycles. The predicted molar refractivity (Wildman–Crippen MR) is 48.3 cm³/mol. The van der Waals surface area contributed by atoms with E-state index >= 15 is 0 Å². The average molecular weight is 548 g/mol. The number of hydrogen-bond acceptors (Lipinski definition) is 9. The summed E-state index contributed by atoms with van der Waals surface area (Å²) in [5.41, 5.74) is 0. The second-order valence-corrected chi connectivity index (χ2v) is 4.92. The first-order valence-electron chi connectivity index (χ1n) is 6.18. The van der Waals surface area contributed by atoms with Crippen LogP contribution < -0.4 is 34.7 Å². The fourth-order valence-corrected chi connectivity index (χ4v) is 1.77. The quantitative estimate of drug-likeness (QED) is 0.213. The van der Waals surface area contributed by atoms with E-state index in [1.54, 1.807) is 0 Å². The Hall–Kier alpha value is -0.860. The van der Waals surface area contributed by atoms with Crippen LogP contribution in [0.5, 0.6) is 0 Å². The molecule has 0 aromatic heterocycles. The van der Waals surface area contributed by atoms with Gasteiger partial charge in [-0.15, -0.1) is 34.6 Å². The van der Waals surface area contributed by atoms with Gasteiger partial charge < -0.3 is 9.90 Å². The maximum Gasteiger partial charge on any atom is 1.00 e. The van der Waals surface area contributed by atoms with Crippen molar-refractivity contribution in [3.8, 4) is 0 Å². The van der Waals surface area contributed by atoms with Crippen LogP contribution >= 0.6 is 0 Å². The molecule has 0 aromatic carbocycles. The summed E-state index contributed by atoms with van der Waals surface area (Å²) in [7, 11) is 0. The van der Waals surface area contributed by atoms with Crippen molar-refractivity contribution in [3.63, 3.8) is 0 Å². The largest absolute Gasteiger partial charge is 1.00 e. The third kappa shape index (κ3) is 4.12. The molecule has 0 aromatic rings. The van der Waals surface area contributed by atoms with Crippen LogP contribution in [0.4, 0.5) is 66.8 Å². The van der Waals surface area contributed by atoms with E-state index in [1.165, 1.54) is 29.6 Å². The molecule has 192 valence electrons. The van der Waals surface area contributed by atoms with Crippen LogP contribution in [0.1, 0.15) is 0 Å². The van der Waals surface area contributed by atoms with Gasteiger partial charge in [0.25, 0.3) is 0 Å². The number of carbonyl (C=O) groups excluding carboxylic acids is 1. The van der Waals surface area contributed by atoms with Gasteiger partial charge in [-0.25, -0.2) is 0 Å². The Labute approximate surface area is 188 Å². The summed E-state index contributed by atoms with van der Waals surface area (Å²) in [6.07, 6.45) is -7.29. The molecule has 0 amide bonds. The van der Waals surface area contributed by atoms with Gasteiger partial charge in [0.1, 0.15) is 5.97 Å². The van der Waals surface area contributed by atoms with E-state index in [0.29, 0.717) is 0 Å². The molecule has 0 saturated carbocycles. The molecule has 0 aliphatic rings. The Morgan fingerprint density at radius 1 is 0.485 bits per heavy atom. The molecule has 0 heterocycles. The Balaban J connectivity index is 0. The van der Waals surface area contributed by atoms with Crippen molar-refractivity contribution in [1.82, 2.24) is 0 Å². The van der Waals surface area contributed by atoms with E-state index < -0.39 is 47.2 Å². The normalized spacial score (nSPS) is 23.5. The molecule has 0 rings (SSSR count). The molecule has 0 bridgehead atoms. The van der Waals surface area contributed by atoms with Crippen molar-refractivity contribution in [2.45, 2.75) is 41.2 Å². The minimum absolute atomic E-state index is 0. The number of aliphatic carboxylic acids is 1. The first-order chi connectivity index (χ1) is 14.4. The molecule has 0 spiro atoms. The average Bonchev–Trinajstić information content (AvgIpc) is 2.79. The second kappa shape index (κ2) is 10.8. The Bertz CT molecular complexity index is 683. The summed E-state index contributed by atoms with van der Waals surface area (Å²) in [5, 5.41) is 10.3. The van der Waals surface area contributed by atoms with Crippen LogP contribution in [0.3, 0.4) is 0 Å². The first kappa shape index (κ1) is 34.3. The molecule has 0 fully saturated rings.